The molecule has 1 aliphatic heterocycles. The van der Waals surface area contributed by atoms with Gasteiger partial charge in [0, 0.05) is 41.2 Å². The first-order chi connectivity index (χ1) is 11.2. The molecular weight excluding hydrogens is 310 g/mol. The van der Waals surface area contributed by atoms with Crippen molar-refractivity contribution in [3.05, 3.63) is 52.7 Å². The van der Waals surface area contributed by atoms with E-state index in [1.807, 2.05) is 36.0 Å². The molecule has 0 saturated heterocycles. The highest BCUT2D eigenvalue weighted by Crippen LogP contribution is 2.25. The molecule has 1 atom stereocenters. The zero-order valence-corrected chi connectivity index (χ0v) is 13.7. The number of aromatic nitrogens is 4. The van der Waals surface area contributed by atoms with Crippen LogP contribution in [-0.4, -0.2) is 25.8 Å². The number of nitrogens with zero attached hydrogens (tertiary/aromatic N) is 4. The Kier molecular flexibility index (Phi) is 3.75. The Morgan fingerprint density at radius 3 is 3.17 bits per heavy atom. The van der Waals surface area contributed by atoms with Gasteiger partial charge in [-0.1, -0.05) is 23.7 Å². The number of rotatable bonds is 3. The van der Waals surface area contributed by atoms with Gasteiger partial charge in [-0.15, -0.1) is 0 Å². The van der Waals surface area contributed by atoms with Crippen molar-refractivity contribution >= 4 is 22.5 Å². The van der Waals surface area contributed by atoms with Gasteiger partial charge in [-0.25, -0.2) is 9.67 Å². The van der Waals surface area contributed by atoms with Gasteiger partial charge in [-0.3, -0.25) is 4.98 Å². The number of benzene rings is 1. The first kappa shape index (κ1) is 14.6. The molecule has 2 aromatic heterocycles. The minimum atomic E-state index is 0.374. The summed E-state index contributed by atoms with van der Waals surface area (Å²) in [6.07, 6.45) is 3.83. The summed E-state index contributed by atoms with van der Waals surface area (Å²) >= 11 is 6.40. The van der Waals surface area contributed by atoms with Crippen LogP contribution in [0.3, 0.4) is 0 Å². The molecular formula is C17H18ClN5. The fourth-order valence-corrected chi connectivity index (χ4v) is 3.42. The Hall–Kier alpha value is -1.98. The maximum absolute atomic E-state index is 6.40. The minimum Gasteiger partial charge on any atom is -0.308 e. The number of hydrogen-bond donors (Lipinski definition) is 1. The van der Waals surface area contributed by atoms with Crippen LogP contribution in [0.1, 0.15) is 23.6 Å². The number of halogens is 1. The van der Waals surface area contributed by atoms with Gasteiger partial charge in [0.25, 0.3) is 0 Å². The predicted molar refractivity (Wildman–Crippen MR) is 90.5 cm³/mol. The largest absolute Gasteiger partial charge is 0.308 e. The molecule has 0 saturated carbocycles. The van der Waals surface area contributed by atoms with Gasteiger partial charge in [-0.2, -0.15) is 5.10 Å². The molecule has 0 bridgehead atoms. The summed E-state index contributed by atoms with van der Waals surface area (Å²) in [6.45, 7) is 3.50. The summed E-state index contributed by atoms with van der Waals surface area (Å²) in [6, 6.07) is 8.34. The van der Waals surface area contributed by atoms with E-state index in [1.165, 1.54) is 0 Å². The molecule has 0 spiro atoms. The summed E-state index contributed by atoms with van der Waals surface area (Å²) in [5, 5.41) is 9.94. The zero-order valence-electron chi connectivity index (χ0n) is 13.0. The summed E-state index contributed by atoms with van der Waals surface area (Å²) in [5.74, 6) is 1.94. The normalized spacial score (nSPS) is 17.4. The van der Waals surface area contributed by atoms with E-state index >= 15 is 0 Å². The van der Waals surface area contributed by atoms with E-state index < -0.39 is 0 Å². The Morgan fingerprint density at radius 1 is 1.35 bits per heavy atom. The van der Waals surface area contributed by atoms with Crippen LogP contribution in [0.4, 0.5) is 0 Å². The lowest BCUT2D eigenvalue weighted by atomic mass is 10.1. The minimum absolute atomic E-state index is 0.374. The Labute approximate surface area is 139 Å². The lowest BCUT2D eigenvalue weighted by Crippen LogP contribution is -2.37. The van der Waals surface area contributed by atoms with Crippen molar-refractivity contribution < 1.29 is 0 Å². The van der Waals surface area contributed by atoms with Gasteiger partial charge in [0.2, 0.25) is 0 Å². The second-order valence-electron chi connectivity index (χ2n) is 5.97. The molecule has 3 heterocycles. The molecule has 0 amide bonds. The maximum Gasteiger partial charge on any atom is 0.147 e. The molecule has 1 aliphatic rings. The monoisotopic (exact) mass is 327 g/mol. The second kappa shape index (κ2) is 5.91. The van der Waals surface area contributed by atoms with Crippen LogP contribution in [0.2, 0.25) is 5.02 Å². The average molecular weight is 328 g/mol. The molecule has 0 fully saturated rings. The van der Waals surface area contributed by atoms with E-state index in [0.29, 0.717) is 12.6 Å². The van der Waals surface area contributed by atoms with E-state index in [0.717, 1.165) is 52.5 Å². The van der Waals surface area contributed by atoms with Crippen LogP contribution in [0.25, 0.3) is 10.9 Å². The SMILES string of the molecule is Cc1nc2n(n1)C[C@@H](NCc1c(Cl)ccc3cccnc13)CC2. The standard InChI is InChI=1S/C17H18ClN5/c1-11-21-16-7-5-13(10-23(16)22-11)20-9-14-15(18)6-4-12-3-2-8-19-17(12)14/h2-4,6,8,13,20H,5,7,9-10H2,1H3/t13-/m0/s1. The van der Waals surface area contributed by atoms with E-state index in [2.05, 4.69) is 26.4 Å². The van der Waals surface area contributed by atoms with Crippen LogP contribution in [0.5, 0.6) is 0 Å². The number of nitrogens with one attached hydrogen (secondary N) is 1. The topological polar surface area (TPSA) is 55.6 Å². The van der Waals surface area contributed by atoms with Crippen molar-refractivity contribution in [3.63, 3.8) is 0 Å². The molecule has 118 valence electrons. The highest BCUT2D eigenvalue weighted by atomic mass is 35.5. The van der Waals surface area contributed by atoms with Gasteiger partial charge >= 0.3 is 0 Å². The second-order valence-corrected chi connectivity index (χ2v) is 6.38. The van der Waals surface area contributed by atoms with Gasteiger partial charge in [-0.05, 0) is 25.5 Å². The van der Waals surface area contributed by atoms with Crippen molar-refractivity contribution in [1.82, 2.24) is 25.1 Å². The van der Waals surface area contributed by atoms with Crippen molar-refractivity contribution in [3.8, 4) is 0 Å². The van der Waals surface area contributed by atoms with E-state index in [-0.39, 0.29) is 0 Å². The lowest BCUT2D eigenvalue weighted by Gasteiger charge is -2.24. The van der Waals surface area contributed by atoms with Crippen LogP contribution in [0, 0.1) is 6.92 Å². The van der Waals surface area contributed by atoms with Crippen molar-refractivity contribution in [2.75, 3.05) is 0 Å². The fraction of sp³-hybridized carbons (Fsp3) is 0.353. The molecule has 1 aromatic carbocycles. The smallest absolute Gasteiger partial charge is 0.147 e. The third kappa shape index (κ3) is 2.82. The average Bonchev–Trinajstić information content (AvgIpc) is 2.93. The summed E-state index contributed by atoms with van der Waals surface area (Å²) in [5.41, 5.74) is 2.03. The van der Waals surface area contributed by atoms with Crippen LogP contribution in [-0.2, 0) is 19.5 Å². The van der Waals surface area contributed by atoms with E-state index in [1.54, 1.807) is 0 Å². The predicted octanol–water partition coefficient (Wildman–Crippen LogP) is 2.89. The Balaban J connectivity index is 1.53. The molecule has 0 aliphatic carbocycles. The van der Waals surface area contributed by atoms with Crippen molar-refractivity contribution in [2.24, 2.45) is 0 Å². The van der Waals surface area contributed by atoms with Crippen molar-refractivity contribution in [2.45, 2.75) is 38.9 Å². The third-order valence-electron chi connectivity index (χ3n) is 4.35. The Morgan fingerprint density at radius 2 is 2.26 bits per heavy atom. The maximum atomic E-state index is 6.40. The highest BCUT2D eigenvalue weighted by molar-refractivity contribution is 6.32. The number of pyridine rings is 1. The number of aryl methyl sites for hydroxylation is 2. The molecule has 6 heteroatoms. The first-order valence-corrected chi connectivity index (χ1v) is 8.24. The summed E-state index contributed by atoms with van der Waals surface area (Å²) < 4.78 is 2.01. The third-order valence-corrected chi connectivity index (χ3v) is 4.71. The summed E-state index contributed by atoms with van der Waals surface area (Å²) in [7, 11) is 0. The van der Waals surface area contributed by atoms with Gasteiger partial charge < -0.3 is 5.32 Å². The molecule has 23 heavy (non-hydrogen) atoms. The highest BCUT2D eigenvalue weighted by Gasteiger charge is 2.21. The van der Waals surface area contributed by atoms with E-state index in [4.69, 9.17) is 11.6 Å². The van der Waals surface area contributed by atoms with Crippen LogP contribution in [0.15, 0.2) is 30.5 Å². The van der Waals surface area contributed by atoms with Crippen molar-refractivity contribution in [1.29, 1.82) is 0 Å². The van der Waals surface area contributed by atoms with Gasteiger partial charge in [0.1, 0.15) is 11.6 Å². The molecule has 0 radical (unpaired) electrons. The lowest BCUT2D eigenvalue weighted by molar-refractivity contribution is 0.358. The van der Waals surface area contributed by atoms with E-state index in [9.17, 15) is 0 Å². The first-order valence-electron chi connectivity index (χ1n) is 7.86. The Bertz CT molecular complexity index is 857. The molecule has 3 aromatic rings. The fourth-order valence-electron chi connectivity index (χ4n) is 3.20. The molecule has 1 N–H and O–H groups in total. The van der Waals surface area contributed by atoms with Gasteiger partial charge in [0.05, 0.1) is 12.1 Å². The molecule has 4 rings (SSSR count). The van der Waals surface area contributed by atoms with Gasteiger partial charge in [0.15, 0.2) is 0 Å². The quantitative estimate of drug-likeness (QED) is 0.803. The summed E-state index contributed by atoms with van der Waals surface area (Å²) in [4.78, 5) is 8.94. The van der Waals surface area contributed by atoms with Crippen LogP contribution < -0.4 is 5.32 Å². The zero-order chi connectivity index (χ0) is 15.8. The van der Waals surface area contributed by atoms with Crippen LogP contribution >= 0.6 is 11.6 Å². The number of hydrogen-bond acceptors (Lipinski definition) is 4. The molecule has 0 unspecified atom stereocenters. The molecule has 5 nitrogen and oxygen atoms in total. The number of fused-ring (bicyclic) bond motifs is 2.